The van der Waals surface area contributed by atoms with Gasteiger partial charge in [-0.3, -0.25) is 14.4 Å². The lowest BCUT2D eigenvalue weighted by Gasteiger charge is -2.40. The van der Waals surface area contributed by atoms with Crippen molar-refractivity contribution in [3.05, 3.63) is 94.6 Å². The van der Waals surface area contributed by atoms with Crippen LogP contribution in [-0.2, 0) is 32.1 Å². The maximum Gasteiger partial charge on any atom is 0.328 e. The van der Waals surface area contributed by atoms with Crippen molar-refractivity contribution in [2.24, 2.45) is 17.8 Å². The van der Waals surface area contributed by atoms with Gasteiger partial charge in [0.05, 0.1) is 38.3 Å². The molecule has 2 aliphatic rings. The van der Waals surface area contributed by atoms with Crippen molar-refractivity contribution in [1.29, 1.82) is 0 Å². The van der Waals surface area contributed by atoms with E-state index < -0.39 is 29.9 Å². The molecule has 3 N–H and O–H groups in total. The predicted octanol–water partition coefficient (Wildman–Crippen LogP) is 5.18. The summed E-state index contributed by atoms with van der Waals surface area (Å²) in [5.41, 5.74) is 2.88. The minimum absolute atomic E-state index is 0.0721. The first-order chi connectivity index (χ1) is 25.4. The SMILES string of the molecule is COc1cc(C(=O)N2CC3CN(C(=O)Cc4c[nH]c5cc(Cl)ccc45)CC(C(=O)N[C@H](C(=O)O)[C@H](C)OCc4ccccc4)C3C2)ccc1OC(C)C. The summed E-state index contributed by atoms with van der Waals surface area (Å²) >= 11 is 6.17. The second-order valence-corrected chi connectivity index (χ2v) is 14.5. The van der Waals surface area contributed by atoms with Crippen LogP contribution in [0.2, 0.25) is 5.02 Å². The number of H-pyrrole nitrogens is 1. The van der Waals surface area contributed by atoms with Crippen molar-refractivity contribution in [2.45, 2.75) is 52.0 Å². The Morgan fingerprint density at radius 2 is 1.70 bits per heavy atom. The molecule has 3 heterocycles. The van der Waals surface area contributed by atoms with E-state index in [1.165, 1.54) is 7.11 Å². The fourth-order valence-electron chi connectivity index (χ4n) is 7.38. The van der Waals surface area contributed by atoms with Crippen LogP contribution in [0.4, 0.5) is 0 Å². The Bertz CT molecular complexity index is 1970. The summed E-state index contributed by atoms with van der Waals surface area (Å²) in [4.78, 5) is 61.0. The van der Waals surface area contributed by atoms with Crippen LogP contribution in [0.1, 0.15) is 42.3 Å². The Labute approximate surface area is 313 Å². The van der Waals surface area contributed by atoms with Gasteiger partial charge in [0, 0.05) is 53.9 Å². The molecule has 6 rings (SSSR count). The van der Waals surface area contributed by atoms with Gasteiger partial charge in [-0.25, -0.2) is 4.79 Å². The maximum absolute atomic E-state index is 14.2. The van der Waals surface area contributed by atoms with Gasteiger partial charge in [0.15, 0.2) is 17.5 Å². The Kier molecular flexibility index (Phi) is 11.6. The first kappa shape index (κ1) is 37.7. The molecule has 0 spiro atoms. The molecule has 0 aliphatic carbocycles. The summed E-state index contributed by atoms with van der Waals surface area (Å²) in [5.74, 6) is -2.54. The number of likely N-dealkylation sites (tertiary alicyclic amines) is 2. The molecule has 12 nitrogen and oxygen atoms in total. The highest BCUT2D eigenvalue weighted by Crippen LogP contribution is 2.38. The average Bonchev–Trinajstić information content (AvgIpc) is 3.76. The van der Waals surface area contributed by atoms with Gasteiger partial charge in [0.25, 0.3) is 5.91 Å². The molecule has 280 valence electrons. The van der Waals surface area contributed by atoms with Crippen LogP contribution in [-0.4, -0.2) is 95.1 Å². The molecule has 0 bridgehead atoms. The molecule has 3 amide bonds. The van der Waals surface area contributed by atoms with Gasteiger partial charge in [-0.1, -0.05) is 48.0 Å². The molecule has 1 aromatic heterocycles. The summed E-state index contributed by atoms with van der Waals surface area (Å²) in [5, 5.41) is 14.3. The standard InChI is InChI=1S/C40H45ClN4O8/c1-23(2)53-34-13-10-26(14-35(34)51-4)39(48)45-19-28-18-44(36(46)15-27-17-42-33-16-29(41)11-12-30(27)33)21-32(31(28)20-45)38(47)43-37(40(49)50)24(3)52-22-25-8-6-5-7-9-25/h5-14,16-17,23-24,28,31-32,37,42H,15,18-22H2,1-4H3,(H,43,47)(H,49,50)/t24-,28?,31?,32?,37-/m0/s1. The van der Waals surface area contributed by atoms with Crippen molar-refractivity contribution in [3.8, 4) is 11.5 Å². The Hall–Kier alpha value is -5.07. The quantitative estimate of drug-likeness (QED) is 0.170. The number of amides is 3. The number of aliphatic carboxylic acids is 1. The number of piperidine rings is 1. The minimum atomic E-state index is -1.34. The van der Waals surface area contributed by atoms with E-state index in [2.05, 4.69) is 10.3 Å². The third-order valence-electron chi connectivity index (χ3n) is 10.1. The number of aromatic nitrogens is 1. The van der Waals surface area contributed by atoms with E-state index in [-0.39, 0.29) is 55.9 Å². The zero-order valence-electron chi connectivity index (χ0n) is 30.2. The van der Waals surface area contributed by atoms with E-state index in [4.69, 9.17) is 25.8 Å². The molecule has 53 heavy (non-hydrogen) atoms. The maximum atomic E-state index is 14.2. The van der Waals surface area contributed by atoms with Gasteiger partial charge in [-0.05, 0) is 74.1 Å². The summed E-state index contributed by atoms with van der Waals surface area (Å²) in [6.07, 6.45) is 0.923. The number of fused-ring (bicyclic) bond motifs is 2. The second-order valence-electron chi connectivity index (χ2n) is 14.1. The molecule has 0 saturated carbocycles. The zero-order chi connectivity index (χ0) is 37.8. The molecule has 5 atom stereocenters. The number of nitrogens with one attached hydrogen (secondary N) is 2. The van der Waals surface area contributed by atoms with Crippen molar-refractivity contribution in [1.82, 2.24) is 20.1 Å². The lowest BCUT2D eigenvalue weighted by molar-refractivity contribution is -0.149. The molecule has 2 fully saturated rings. The van der Waals surface area contributed by atoms with Crippen LogP contribution < -0.4 is 14.8 Å². The van der Waals surface area contributed by atoms with E-state index in [1.54, 1.807) is 53.3 Å². The summed E-state index contributed by atoms with van der Waals surface area (Å²) in [6, 6.07) is 18.5. The molecule has 0 radical (unpaired) electrons. The van der Waals surface area contributed by atoms with E-state index >= 15 is 0 Å². The van der Waals surface area contributed by atoms with Crippen LogP contribution in [0.25, 0.3) is 10.9 Å². The molecule has 2 saturated heterocycles. The molecule has 4 aromatic rings. The van der Waals surface area contributed by atoms with Crippen molar-refractivity contribution in [3.63, 3.8) is 0 Å². The molecular weight excluding hydrogens is 700 g/mol. The Balaban J connectivity index is 1.23. The van der Waals surface area contributed by atoms with Crippen molar-refractivity contribution < 1.29 is 38.5 Å². The van der Waals surface area contributed by atoms with Crippen LogP contribution in [0, 0.1) is 17.8 Å². The van der Waals surface area contributed by atoms with Gasteiger partial charge in [0.1, 0.15) is 0 Å². The fraction of sp³-hybridized carbons (Fsp3) is 0.400. The van der Waals surface area contributed by atoms with Gasteiger partial charge in [-0.15, -0.1) is 0 Å². The number of carbonyl (C=O) groups is 4. The molecule has 3 unspecified atom stereocenters. The first-order valence-corrected chi connectivity index (χ1v) is 18.2. The number of rotatable bonds is 13. The number of halogens is 1. The third kappa shape index (κ3) is 8.60. The third-order valence-corrected chi connectivity index (χ3v) is 10.3. The minimum Gasteiger partial charge on any atom is -0.493 e. The van der Waals surface area contributed by atoms with Gasteiger partial charge in [0.2, 0.25) is 11.8 Å². The number of nitrogens with zero attached hydrogens (tertiary/aromatic N) is 2. The summed E-state index contributed by atoms with van der Waals surface area (Å²) in [6.45, 7) is 6.57. The van der Waals surface area contributed by atoms with Crippen molar-refractivity contribution in [2.75, 3.05) is 33.3 Å². The lowest BCUT2D eigenvalue weighted by Crippen LogP contribution is -2.57. The fourth-order valence-corrected chi connectivity index (χ4v) is 7.55. The Morgan fingerprint density at radius 3 is 2.42 bits per heavy atom. The number of hydrogen-bond donors (Lipinski definition) is 3. The monoisotopic (exact) mass is 744 g/mol. The highest BCUT2D eigenvalue weighted by molar-refractivity contribution is 6.31. The number of ether oxygens (including phenoxy) is 3. The van der Waals surface area contributed by atoms with E-state index in [0.717, 1.165) is 22.0 Å². The number of aromatic amines is 1. The van der Waals surface area contributed by atoms with Gasteiger partial charge >= 0.3 is 5.97 Å². The normalized spacial score (nSPS) is 19.5. The number of carboxylic acid groups (broad SMARTS) is 1. The van der Waals surface area contributed by atoms with Crippen LogP contribution in [0.5, 0.6) is 11.5 Å². The molecule has 2 aliphatic heterocycles. The van der Waals surface area contributed by atoms with Gasteiger partial charge in [-0.2, -0.15) is 0 Å². The van der Waals surface area contributed by atoms with E-state index in [1.807, 2.05) is 50.2 Å². The number of methoxy groups -OCH3 is 1. The van der Waals surface area contributed by atoms with Crippen LogP contribution in [0.15, 0.2) is 72.9 Å². The smallest absolute Gasteiger partial charge is 0.328 e. The molecule has 3 aromatic carbocycles. The lowest BCUT2D eigenvalue weighted by atomic mass is 9.79. The topological polar surface area (TPSA) is 150 Å². The summed E-state index contributed by atoms with van der Waals surface area (Å²) < 4.78 is 17.2. The van der Waals surface area contributed by atoms with E-state index in [0.29, 0.717) is 35.2 Å². The van der Waals surface area contributed by atoms with Crippen LogP contribution in [0.3, 0.4) is 0 Å². The molecular formula is C40H45ClN4O8. The highest BCUT2D eigenvalue weighted by Gasteiger charge is 2.48. The van der Waals surface area contributed by atoms with Gasteiger partial charge < -0.3 is 39.4 Å². The second kappa shape index (κ2) is 16.3. The van der Waals surface area contributed by atoms with E-state index in [9.17, 15) is 24.3 Å². The zero-order valence-corrected chi connectivity index (χ0v) is 31.0. The number of hydrogen-bond acceptors (Lipinski definition) is 7. The summed E-state index contributed by atoms with van der Waals surface area (Å²) in [7, 11) is 1.51. The average molecular weight is 745 g/mol. The van der Waals surface area contributed by atoms with Crippen LogP contribution >= 0.6 is 11.6 Å². The number of benzene rings is 3. The molecule has 13 heteroatoms. The Morgan fingerprint density at radius 1 is 0.943 bits per heavy atom. The largest absolute Gasteiger partial charge is 0.493 e. The number of carboxylic acids is 1. The first-order valence-electron chi connectivity index (χ1n) is 17.8. The van der Waals surface area contributed by atoms with Crippen molar-refractivity contribution >= 4 is 46.2 Å². The highest BCUT2D eigenvalue weighted by atomic mass is 35.5. The number of carbonyl (C=O) groups excluding carboxylic acids is 3. The predicted molar refractivity (Wildman–Crippen MR) is 199 cm³/mol.